The van der Waals surface area contributed by atoms with Crippen molar-refractivity contribution in [3.05, 3.63) is 18.0 Å². The summed E-state index contributed by atoms with van der Waals surface area (Å²) in [5, 5.41) is 19.0. The minimum absolute atomic E-state index is 0.176. The predicted octanol–water partition coefficient (Wildman–Crippen LogP) is 0.940. The molecule has 2 fully saturated rings. The number of nitrogens with one attached hydrogen (secondary N) is 2. The first-order chi connectivity index (χ1) is 10.3. The van der Waals surface area contributed by atoms with Crippen LogP contribution in [0.5, 0.6) is 0 Å². The van der Waals surface area contributed by atoms with Gasteiger partial charge < -0.3 is 10.6 Å². The lowest BCUT2D eigenvalue weighted by Crippen LogP contribution is -2.30. The molecule has 2 aliphatic carbocycles. The largest absolute Gasteiger partial charge is 0.367 e. The summed E-state index contributed by atoms with van der Waals surface area (Å²) in [5.41, 5.74) is 0.782. The van der Waals surface area contributed by atoms with Gasteiger partial charge in [-0.15, -0.1) is 15.3 Å². The highest BCUT2D eigenvalue weighted by Gasteiger charge is 2.29. The SMILES string of the molecule is O=C(NCCNc1ccc2nnc(C3CC3)n2n1)C1CC1. The number of carbonyl (C=O) groups is 1. The molecule has 2 aromatic rings. The van der Waals surface area contributed by atoms with E-state index < -0.39 is 0 Å². The summed E-state index contributed by atoms with van der Waals surface area (Å²) in [6.45, 7) is 1.28. The molecular formula is C14H18N6O. The Morgan fingerprint density at radius 1 is 1.19 bits per heavy atom. The maximum Gasteiger partial charge on any atom is 0.223 e. The second kappa shape index (κ2) is 4.98. The maximum absolute atomic E-state index is 11.5. The molecule has 0 atom stereocenters. The summed E-state index contributed by atoms with van der Waals surface area (Å²) in [6, 6.07) is 3.81. The number of nitrogens with zero attached hydrogens (tertiary/aromatic N) is 4. The Morgan fingerprint density at radius 2 is 2.05 bits per heavy atom. The van der Waals surface area contributed by atoms with E-state index in [4.69, 9.17) is 0 Å². The van der Waals surface area contributed by atoms with Crippen LogP contribution in [0.2, 0.25) is 0 Å². The number of rotatable bonds is 6. The van der Waals surface area contributed by atoms with Gasteiger partial charge in [0.2, 0.25) is 5.91 Å². The Kier molecular flexibility index (Phi) is 2.98. The highest BCUT2D eigenvalue weighted by Crippen LogP contribution is 2.38. The zero-order chi connectivity index (χ0) is 14.2. The van der Waals surface area contributed by atoms with E-state index in [0.717, 1.165) is 30.1 Å². The summed E-state index contributed by atoms with van der Waals surface area (Å²) in [4.78, 5) is 11.5. The van der Waals surface area contributed by atoms with Gasteiger partial charge in [-0.1, -0.05) is 0 Å². The highest BCUT2D eigenvalue weighted by atomic mass is 16.2. The Labute approximate surface area is 122 Å². The van der Waals surface area contributed by atoms with Crippen molar-refractivity contribution in [1.82, 2.24) is 25.1 Å². The van der Waals surface area contributed by atoms with Gasteiger partial charge in [0.25, 0.3) is 0 Å². The van der Waals surface area contributed by atoms with Crippen molar-refractivity contribution in [3.63, 3.8) is 0 Å². The van der Waals surface area contributed by atoms with Crippen LogP contribution in [-0.4, -0.2) is 38.8 Å². The van der Waals surface area contributed by atoms with Crippen molar-refractivity contribution in [2.24, 2.45) is 5.92 Å². The monoisotopic (exact) mass is 286 g/mol. The molecule has 21 heavy (non-hydrogen) atoms. The predicted molar refractivity (Wildman–Crippen MR) is 77.0 cm³/mol. The summed E-state index contributed by atoms with van der Waals surface area (Å²) in [6.07, 6.45) is 4.42. The molecule has 7 nitrogen and oxygen atoms in total. The Balaban J connectivity index is 1.37. The minimum atomic E-state index is 0.176. The normalized spacial score (nSPS) is 17.9. The molecule has 2 saturated carbocycles. The molecule has 7 heteroatoms. The van der Waals surface area contributed by atoms with Gasteiger partial charge in [-0.2, -0.15) is 4.52 Å². The van der Waals surface area contributed by atoms with Gasteiger partial charge in [0.15, 0.2) is 11.5 Å². The average molecular weight is 286 g/mol. The number of aromatic nitrogens is 4. The number of fused-ring (bicyclic) bond motifs is 1. The molecule has 0 bridgehead atoms. The Morgan fingerprint density at radius 3 is 2.81 bits per heavy atom. The zero-order valence-electron chi connectivity index (χ0n) is 11.7. The van der Waals surface area contributed by atoms with Crippen molar-refractivity contribution in [3.8, 4) is 0 Å². The van der Waals surface area contributed by atoms with Crippen LogP contribution in [0, 0.1) is 5.92 Å². The van der Waals surface area contributed by atoms with Crippen LogP contribution in [-0.2, 0) is 4.79 Å². The van der Waals surface area contributed by atoms with Crippen LogP contribution in [0.1, 0.15) is 37.4 Å². The van der Waals surface area contributed by atoms with Gasteiger partial charge in [0.1, 0.15) is 5.82 Å². The summed E-state index contributed by atoms with van der Waals surface area (Å²) >= 11 is 0. The molecule has 1 amide bonds. The van der Waals surface area contributed by atoms with Crippen molar-refractivity contribution >= 4 is 17.4 Å². The molecule has 0 saturated heterocycles. The second-order valence-corrected chi connectivity index (χ2v) is 5.81. The van der Waals surface area contributed by atoms with E-state index in [0.29, 0.717) is 19.0 Å². The smallest absolute Gasteiger partial charge is 0.223 e. The van der Waals surface area contributed by atoms with Crippen LogP contribution in [0.25, 0.3) is 5.65 Å². The van der Waals surface area contributed by atoms with Crippen LogP contribution >= 0.6 is 0 Å². The zero-order valence-corrected chi connectivity index (χ0v) is 11.7. The van der Waals surface area contributed by atoms with Crippen molar-refractivity contribution in [2.75, 3.05) is 18.4 Å². The van der Waals surface area contributed by atoms with Gasteiger partial charge in [-0.05, 0) is 37.8 Å². The summed E-state index contributed by atoms with van der Waals surface area (Å²) in [7, 11) is 0. The lowest BCUT2D eigenvalue weighted by Gasteiger charge is -2.07. The molecule has 2 heterocycles. The number of amides is 1. The lowest BCUT2D eigenvalue weighted by atomic mass is 10.4. The van der Waals surface area contributed by atoms with Crippen LogP contribution in [0.4, 0.5) is 5.82 Å². The lowest BCUT2D eigenvalue weighted by molar-refractivity contribution is -0.122. The first-order valence-electron chi connectivity index (χ1n) is 7.55. The summed E-state index contributed by atoms with van der Waals surface area (Å²) in [5.74, 6) is 2.69. The molecule has 4 rings (SSSR count). The topological polar surface area (TPSA) is 84.2 Å². The van der Waals surface area contributed by atoms with Gasteiger partial charge in [-0.3, -0.25) is 4.79 Å². The molecule has 2 aromatic heterocycles. The van der Waals surface area contributed by atoms with Crippen LogP contribution < -0.4 is 10.6 Å². The number of hydrogen-bond acceptors (Lipinski definition) is 5. The van der Waals surface area contributed by atoms with Gasteiger partial charge >= 0.3 is 0 Å². The van der Waals surface area contributed by atoms with E-state index in [1.54, 1.807) is 0 Å². The van der Waals surface area contributed by atoms with Crippen molar-refractivity contribution in [2.45, 2.75) is 31.6 Å². The molecular weight excluding hydrogens is 268 g/mol. The van der Waals surface area contributed by atoms with Gasteiger partial charge in [0, 0.05) is 24.9 Å². The molecule has 2 aliphatic rings. The number of carbonyl (C=O) groups excluding carboxylic acids is 1. The first-order valence-corrected chi connectivity index (χ1v) is 7.55. The van der Waals surface area contributed by atoms with Crippen LogP contribution in [0.15, 0.2) is 12.1 Å². The van der Waals surface area contributed by atoms with Crippen molar-refractivity contribution in [1.29, 1.82) is 0 Å². The standard InChI is InChI=1S/C14H18N6O/c21-14(10-3-4-10)16-8-7-15-11-5-6-12-17-18-13(9-1-2-9)20(12)19-11/h5-6,9-10H,1-4,7-8H2,(H,15,19)(H,16,21). The number of anilines is 1. The molecule has 0 unspecified atom stereocenters. The second-order valence-electron chi connectivity index (χ2n) is 5.81. The quantitative estimate of drug-likeness (QED) is 0.772. The van der Waals surface area contributed by atoms with E-state index in [1.807, 2.05) is 16.6 Å². The van der Waals surface area contributed by atoms with E-state index in [9.17, 15) is 4.79 Å². The van der Waals surface area contributed by atoms with E-state index >= 15 is 0 Å². The Bertz CT molecular complexity index is 673. The maximum atomic E-state index is 11.5. The molecule has 0 spiro atoms. The van der Waals surface area contributed by atoms with E-state index in [-0.39, 0.29) is 11.8 Å². The van der Waals surface area contributed by atoms with Gasteiger partial charge in [0.05, 0.1) is 0 Å². The molecule has 0 aromatic carbocycles. The fourth-order valence-electron chi connectivity index (χ4n) is 2.36. The first kappa shape index (κ1) is 12.6. The molecule has 0 aliphatic heterocycles. The molecule has 110 valence electrons. The fraction of sp³-hybridized carbons (Fsp3) is 0.571. The minimum Gasteiger partial charge on any atom is -0.367 e. The van der Waals surface area contributed by atoms with E-state index in [1.165, 1.54) is 12.8 Å². The van der Waals surface area contributed by atoms with E-state index in [2.05, 4.69) is 25.9 Å². The fourth-order valence-corrected chi connectivity index (χ4v) is 2.36. The van der Waals surface area contributed by atoms with Gasteiger partial charge in [-0.25, -0.2) is 0 Å². The van der Waals surface area contributed by atoms with Crippen LogP contribution in [0.3, 0.4) is 0 Å². The highest BCUT2D eigenvalue weighted by molar-refractivity contribution is 5.80. The van der Waals surface area contributed by atoms with Crippen molar-refractivity contribution < 1.29 is 4.79 Å². The summed E-state index contributed by atoms with van der Waals surface area (Å²) < 4.78 is 1.82. The third kappa shape index (κ3) is 2.68. The Hall–Kier alpha value is -2.18. The third-order valence-corrected chi connectivity index (χ3v) is 3.91. The number of hydrogen-bond donors (Lipinski definition) is 2. The third-order valence-electron chi connectivity index (χ3n) is 3.91. The molecule has 0 radical (unpaired) electrons. The average Bonchev–Trinajstić information content (AvgIpc) is 3.40. The molecule has 2 N–H and O–H groups in total.